The number of hydrogen-bond acceptors (Lipinski definition) is 3. The Labute approximate surface area is 96.3 Å². The minimum absolute atomic E-state index is 0.0784. The van der Waals surface area contributed by atoms with Crippen molar-refractivity contribution in [2.45, 2.75) is 20.8 Å². The molecule has 0 aliphatic rings. The maximum Gasteiger partial charge on any atom is 0.253 e. The number of nitrogens with two attached hydrogens (primary N) is 1. The van der Waals surface area contributed by atoms with Crippen LogP contribution in [0.5, 0.6) is 0 Å². The lowest BCUT2D eigenvalue weighted by atomic mass is 10.1. The van der Waals surface area contributed by atoms with Crippen LogP contribution in [-0.4, -0.2) is 24.0 Å². The van der Waals surface area contributed by atoms with Crippen molar-refractivity contribution < 1.29 is 4.79 Å². The first kappa shape index (κ1) is 12.6. The van der Waals surface area contributed by atoms with E-state index in [9.17, 15) is 4.79 Å². The summed E-state index contributed by atoms with van der Waals surface area (Å²) in [7, 11) is 0. The lowest BCUT2D eigenvalue weighted by Crippen LogP contribution is -2.31. The molecule has 0 aliphatic heterocycles. The molecule has 3 N–H and O–H groups in total. The highest BCUT2D eigenvalue weighted by Crippen LogP contribution is 2.06. The summed E-state index contributed by atoms with van der Waals surface area (Å²) < 4.78 is 0. The summed E-state index contributed by atoms with van der Waals surface area (Å²) in [5.74, 6) is 0.216. The molecule has 4 nitrogen and oxygen atoms in total. The average Bonchev–Trinajstić information content (AvgIpc) is 2.25. The van der Waals surface area contributed by atoms with Crippen molar-refractivity contribution in [1.82, 2.24) is 10.3 Å². The Hall–Kier alpha value is -1.42. The van der Waals surface area contributed by atoms with Crippen LogP contribution >= 0.6 is 0 Å². The van der Waals surface area contributed by atoms with Crippen LogP contribution in [0.1, 0.15) is 28.7 Å². The normalized spacial score (nSPS) is 12.2. The van der Waals surface area contributed by atoms with Crippen LogP contribution < -0.4 is 11.1 Å². The van der Waals surface area contributed by atoms with Gasteiger partial charge in [-0.25, -0.2) is 0 Å². The highest BCUT2D eigenvalue weighted by atomic mass is 16.1. The second-order valence-electron chi connectivity index (χ2n) is 4.14. The Morgan fingerprint density at radius 1 is 1.50 bits per heavy atom. The molecule has 1 amide bonds. The van der Waals surface area contributed by atoms with Crippen LogP contribution in [0.25, 0.3) is 0 Å². The third-order valence-electron chi connectivity index (χ3n) is 2.48. The van der Waals surface area contributed by atoms with Crippen molar-refractivity contribution in [1.29, 1.82) is 0 Å². The molecule has 1 aromatic rings. The van der Waals surface area contributed by atoms with Crippen molar-refractivity contribution in [2.75, 3.05) is 13.1 Å². The van der Waals surface area contributed by atoms with E-state index in [1.54, 1.807) is 6.07 Å². The maximum atomic E-state index is 11.8. The van der Waals surface area contributed by atoms with E-state index in [0.717, 1.165) is 11.4 Å². The smallest absolute Gasteiger partial charge is 0.253 e. The molecule has 0 saturated heterocycles. The molecule has 1 heterocycles. The maximum absolute atomic E-state index is 11.8. The first-order valence-corrected chi connectivity index (χ1v) is 5.47. The van der Waals surface area contributed by atoms with Gasteiger partial charge in [0.15, 0.2) is 0 Å². The third-order valence-corrected chi connectivity index (χ3v) is 2.48. The molecule has 1 atom stereocenters. The van der Waals surface area contributed by atoms with E-state index >= 15 is 0 Å². The SMILES string of the molecule is Cc1ccc(C(=O)NCC(C)CN)c(C)n1. The number of aromatic nitrogens is 1. The Morgan fingerprint density at radius 3 is 2.75 bits per heavy atom. The van der Waals surface area contributed by atoms with E-state index in [4.69, 9.17) is 5.73 Å². The van der Waals surface area contributed by atoms with Crippen molar-refractivity contribution in [2.24, 2.45) is 11.7 Å². The first-order valence-electron chi connectivity index (χ1n) is 5.47. The molecule has 0 spiro atoms. The monoisotopic (exact) mass is 221 g/mol. The van der Waals surface area contributed by atoms with E-state index in [1.165, 1.54) is 0 Å². The van der Waals surface area contributed by atoms with Gasteiger partial charge in [0.2, 0.25) is 0 Å². The Kier molecular flexibility index (Phi) is 4.43. The van der Waals surface area contributed by atoms with Gasteiger partial charge >= 0.3 is 0 Å². The largest absolute Gasteiger partial charge is 0.352 e. The number of rotatable bonds is 4. The fourth-order valence-corrected chi connectivity index (χ4v) is 1.37. The lowest BCUT2D eigenvalue weighted by Gasteiger charge is -2.11. The summed E-state index contributed by atoms with van der Waals surface area (Å²) in [6.45, 7) is 6.92. The second kappa shape index (κ2) is 5.61. The van der Waals surface area contributed by atoms with Gasteiger partial charge in [-0.1, -0.05) is 6.92 Å². The highest BCUT2D eigenvalue weighted by molar-refractivity contribution is 5.95. The molecule has 0 bridgehead atoms. The molecule has 0 aliphatic carbocycles. The molecular weight excluding hydrogens is 202 g/mol. The number of pyridine rings is 1. The molecule has 88 valence electrons. The standard InChI is InChI=1S/C12H19N3O/c1-8(6-13)7-14-12(16)11-5-4-9(2)15-10(11)3/h4-5,8H,6-7,13H2,1-3H3,(H,14,16). The first-order chi connectivity index (χ1) is 7.54. The van der Waals surface area contributed by atoms with Crippen LogP contribution in [0, 0.1) is 19.8 Å². The van der Waals surface area contributed by atoms with Gasteiger partial charge < -0.3 is 11.1 Å². The molecule has 4 heteroatoms. The average molecular weight is 221 g/mol. The van der Waals surface area contributed by atoms with Gasteiger partial charge in [0, 0.05) is 12.2 Å². The summed E-state index contributed by atoms with van der Waals surface area (Å²) in [4.78, 5) is 16.1. The number of carbonyl (C=O) groups is 1. The molecule has 1 unspecified atom stereocenters. The molecule has 1 aromatic heterocycles. The number of hydrogen-bond donors (Lipinski definition) is 2. The van der Waals surface area contributed by atoms with Gasteiger partial charge in [-0.2, -0.15) is 0 Å². The molecular formula is C12H19N3O. The minimum atomic E-state index is -0.0784. The van der Waals surface area contributed by atoms with Crippen molar-refractivity contribution >= 4 is 5.91 Å². The molecule has 16 heavy (non-hydrogen) atoms. The number of carbonyl (C=O) groups excluding carboxylic acids is 1. The van der Waals surface area contributed by atoms with Gasteiger partial charge in [-0.05, 0) is 38.4 Å². The number of aryl methyl sites for hydroxylation is 2. The van der Waals surface area contributed by atoms with Gasteiger partial charge in [0.05, 0.1) is 11.3 Å². The minimum Gasteiger partial charge on any atom is -0.352 e. The van der Waals surface area contributed by atoms with Crippen LogP contribution in [0.15, 0.2) is 12.1 Å². The van der Waals surface area contributed by atoms with E-state index in [-0.39, 0.29) is 5.91 Å². The van der Waals surface area contributed by atoms with E-state index < -0.39 is 0 Å². The summed E-state index contributed by atoms with van der Waals surface area (Å²) in [5.41, 5.74) is 7.80. The molecule has 0 radical (unpaired) electrons. The van der Waals surface area contributed by atoms with E-state index in [0.29, 0.717) is 24.6 Å². The van der Waals surface area contributed by atoms with Crippen molar-refractivity contribution in [3.8, 4) is 0 Å². The predicted octanol–water partition coefficient (Wildman–Crippen LogP) is 1.02. The number of amides is 1. The van der Waals surface area contributed by atoms with Crippen molar-refractivity contribution in [3.05, 3.63) is 29.1 Å². The lowest BCUT2D eigenvalue weighted by molar-refractivity contribution is 0.0947. The summed E-state index contributed by atoms with van der Waals surface area (Å²) in [6.07, 6.45) is 0. The zero-order valence-corrected chi connectivity index (χ0v) is 10.1. The third kappa shape index (κ3) is 3.31. The number of nitrogens with zero attached hydrogens (tertiary/aromatic N) is 1. The van der Waals surface area contributed by atoms with Crippen LogP contribution in [0.2, 0.25) is 0 Å². The zero-order valence-electron chi connectivity index (χ0n) is 10.1. The Bertz CT molecular complexity index is 377. The van der Waals surface area contributed by atoms with Gasteiger partial charge in [-0.15, -0.1) is 0 Å². The van der Waals surface area contributed by atoms with Gasteiger partial charge in [-0.3, -0.25) is 9.78 Å². The van der Waals surface area contributed by atoms with E-state index in [2.05, 4.69) is 10.3 Å². The quantitative estimate of drug-likeness (QED) is 0.797. The fraction of sp³-hybridized carbons (Fsp3) is 0.500. The molecule has 0 aromatic carbocycles. The van der Waals surface area contributed by atoms with Crippen LogP contribution in [0.4, 0.5) is 0 Å². The van der Waals surface area contributed by atoms with Crippen LogP contribution in [0.3, 0.4) is 0 Å². The molecule has 0 saturated carbocycles. The predicted molar refractivity (Wildman–Crippen MR) is 64.3 cm³/mol. The van der Waals surface area contributed by atoms with Crippen molar-refractivity contribution in [3.63, 3.8) is 0 Å². The Morgan fingerprint density at radius 2 is 2.19 bits per heavy atom. The van der Waals surface area contributed by atoms with E-state index in [1.807, 2.05) is 26.8 Å². The fourth-order valence-electron chi connectivity index (χ4n) is 1.37. The Balaban J connectivity index is 2.66. The topological polar surface area (TPSA) is 68.0 Å². The second-order valence-corrected chi connectivity index (χ2v) is 4.14. The summed E-state index contributed by atoms with van der Waals surface area (Å²) in [6, 6.07) is 3.65. The zero-order chi connectivity index (χ0) is 12.1. The molecule has 1 rings (SSSR count). The number of nitrogens with one attached hydrogen (secondary N) is 1. The summed E-state index contributed by atoms with van der Waals surface area (Å²) >= 11 is 0. The van der Waals surface area contributed by atoms with Gasteiger partial charge in [0.25, 0.3) is 5.91 Å². The van der Waals surface area contributed by atoms with Gasteiger partial charge in [0.1, 0.15) is 0 Å². The highest BCUT2D eigenvalue weighted by Gasteiger charge is 2.10. The summed E-state index contributed by atoms with van der Waals surface area (Å²) in [5, 5.41) is 2.85. The molecule has 0 fully saturated rings. The van der Waals surface area contributed by atoms with Crippen LogP contribution in [-0.2, 0) is 0 Å².